The van der Waals surface area contributed by atoms with Gasteiger partial charge in [-0.2, -0.15) is 0 Å². The molecule has 2 rings (SSSR count). The van der Waals surface area contributed by atoms with Crippen LogP contribution in [-0.4, -0.2) is 11.0 Å². The number of carbonyl (C=O) groups excluding carboxylic acids is 1. The summed E-state index contributed by atoms with van der Waals surface area (Å²) in [5, 5.41) is 0. The first-order valence-electron chi connectivity index (χ1n) is 4.34. The Balaban J connectivity index is 2.48. The van der Waals surface area contributed by atoms with Crippen LogP contribution in [-0.2, 0) is 11.3 Å². The molecule has 0 atom stereocenters. The van der Waals surface area contributed by atoms with Crippen molar-refractivity contribution in [1.29, 1.82) is 0 Å². The molecule has 13 heavy (non-hydrogen) atoms. The van der Waals surface area contributed by atoms with Gasteiger partial charge >= 0.3 is 5.97 Å². The lowest BCUT2D eigenvalue weighted by molar-refractivity contribution is 0.0535. The zero-order valence-corrected chi connectivity index (χ0v) is 7.70. The first-order valence-corrected chi connectivity index (χ1v) is 4.34. The van der Waals surface area contributed by atoms with Gasteiger partial charge < -0.3 is 4.74 Å². The molecule has 1 aliphatic rings. The number of fused-ring (bicyclic) bond motifs is 1. The first-order chi connectivity index (χ1) is 6.18. The molecule has 0 saturated heterocycles. The molecule has 0 saturated carbocycles. The summed E-state index contributed by atoms with van der Waals surface area (Å²) in [6, 6.07) is 1.83. The summed E-state index contributed by atoms with van der Waals surface area (Å²) in [6.45, 7) is 4.48. The number of ether oxygens (including phenoxy) is 1. The van der Waals surface area contributed by atoms with Gasteiger partial charge in [-0.05, 0) is 12.0 Å². The van der Waals surface area contributed by atoms with Crippen molar-refractivity contribution in [2.75, 3.05) is 0 Å². The highest BCUT2D eigenvalue weighted by Gasteiger charge is 2.22. The number of hydrogen-bond acceptors (Lipinski definition) is 3. The van der Waals surface area contributed by atoms with Crippen LogP contribution in [0.2, 0.25) is 0 Å². The minimum Gasteiger partial charge on any atom is -0.457 e. The fourth-order valence-electron chi connectivity index (χ4n) is 1.34. The van der Waals surface area contributed by atoms with E-state index in [1.54, 1.807) is 6.20 Å². The Hall–Kier alpha value is -1.38. The molecule has 0 radical (unpaired) electrons. The second-order valence-corrected chi connectivity index (χ2v) is 3.50. The van der Waals surface area contributed by atoms with Gasteiger partial charge in [0.1, 0.15) is 6.61 Å². The molecule has 0 aliphatic carbocycles. The van der Waals surface area contributed by atoms with Crippen LogP contribution in [0.15, 0.2) is 12.3 Å². The molecule has 0 aromatic carbocycles. The van der Waals surface area contributed by atoms with Crippen LogP contribution >= 0.6 is 0 Å². The molecule has 0 amide bonds. The van der Waals surface area contributed by atoms with Gasteiger partial charge in [-0.3, -0.25) is 4.98 Å². The topological polar surface area (TPSA) is 39.2 Å². The Bertz CT molecular complexity index is 358. The fourth-order valence-corrected chi connectivity index (χ4v) is 1.34. The molecule has 1 aliphatic heterocycles. The third-order valence-corrected chi connectivity index (χ3v) is 2.18. The van der Waals surface area contributed by atoms with E-state index in [-0.39, 0.29) is 5.97 Å². The first kappa shape index (κ1) is 8.23. The van der Waals surface area contributed by atoms with Gasteiger partial charge in [0.2, 0.25) is 0 Å². The minimum absolute atomic E-state index is 0.223. The number of hydrogen-bond donors (Lipinski definition) is 0. The van der Waals surface area contributed by atoms with Gasteiger partial charge in [0.05, 0.1) is 5.56 Å². The second kappa shape index (κ2) is 2.83. The van der Waals surface area contributed by atoms with Crippen LogP contribution in [0.4, 0.5) is 0 Å². The van der Waals surface area contributed by atoms with Gasteiger partial charge in [0.25, 0.3) is 0 Å². The maximum Gasteiger partial charge on any atom is 0.338 e. The average Bonchev–Trinajstić information content (AvgIpc) is 2.47. The number of esters is 1. The van der Waals surface area contributed by atoms with E-state index in [1.807, 2.05) is 6.07 Å². The minimum atomic E-state index is -0.223. The van der Waals surface area contributed by atoms with Crippen LogP contribution in [0.25, 0.3) is 0 Å². The number of pyridine rings is 1. The smallest absolute Gasteiger partial charge is 0.338 e. The van der Waals surface area contributed by atoms with Gasteiger partial charge in [-0.1, -0.05) is 13.8 Å². The number of cyclic esters (lactones) is 1. The summed E-state index contributed by atoms with van der Waals surface area (Å²) in [4.78, 5) is 15.4. The predicted molar refractivity (Wildman–Crippen MR) is 47.4 cm³/mol. The van der Waals surface area contributed by atoms with Crippen molar-refractivity contribution in [2.24, 2.45) is 0 Å². The van der Waals surface area contributed by atoms with Crippen LogP contribution in [0.1, 0.15) is 41.4 Å². The van der Waals surface area contributed by atoms with Crippen LogP contribution in [0, 0.1) is 0 Å². The molecule has 3 heteroatoms. The molecule has 0 unspecified atom stereocenters. The molecular formula is C10H11NO2. The zero-order chi connectivity index (χ0) is 9.42. The summed E-state index contributed by atoms with van der Waals surface area (Å²) < 4.78 is 4.88. The number of aromatic nitrogens is 1. The average molecular weight is 177 g/mol. The van der Waals surface area contributed by atoms with Crippen molar-refractivity contribution < 1.29 is 9.53 Å². The summed E-state index contributed by atoms with van der Waals surface area (Å²) in [5.74, 6) is 0.123. The summed E-state index contributed by atoms with van der Waals surface area (Å²) in [7, 11) is 0. The molecule has 68 valence electrons. The van der Waals surface area contributed by atoms with E-state index >= 15 is 0 Å². The Kier molecular flexibility index (Phi) is 1.79. The molecule has 0 N–H and O–H groups in total. The van der Waals surface area contributed by atoms with Gasteiger partial charge in [0.15, 0.2) is 0 Å². The highest BCUT2D eigenvalue weighted by atomic mass is 16.5. The highest BCUT2D eigenvalue weighted by Crippen LogP contribution is 2.22. The molecule has 3 nitrogen and oxygen atoms in total. The lowest BCUT2D eigenvalue weighted by atomic mass is 10.1. The van der Waals surface area contributed by atoms with Gasteiger partial charge in [0, 0.05) is 17.5 Å². The van der Waals surface area contributed by atoms with E-state index < -0.39 is 0 Å². The van der Waals surface area contributed by atoms with Crippen LogP contribution in [0.3, 0.4) is 0 Å². The number of rotatable bonds is 1. The van der Waals surface area contributed by atoms with E-state index in [0.29, 0.717) is 18.1 Å². The van der Waals surface area contributed by atoms with Crippen molar-refractivity contribution in [1.82, 2.24) is 4.98 Å². The van der Waals surface area contributed by atoms with Crippen molar-refractivity contribution in [3.05, 3.63) is 29.1 Å². The Morgan fingerprint density at radius 3 is 3.00 bits per heavy atom. The highest BCUT2D eigenvalue weighted by molar-refractivity contribution is 5.93. The predicted octanol–water partition coefficient (Wildman–Crippen LogP) is 1.88. The lowest BCUT2D eigenvalue weighted by Gasteiger charge is -2.03. The van der Waals surface area contributed by atoms with Crippen molar-refractivity contribution in [3.8, 4) is 0 Å². The number of nitrogens with zero attached hydrogens (tertiary/aromatic N) is 1. The second-order valence-electron chi connectivity index (χ2n) is 3.50. The Morgan fingerprint density at radius 2 is 2.31 bits per heavy atom. The molecule has 1 aromatic heterocycles. The lowest BCUT2D eigenvalue weighted by Crippen LogP contribution is -1.98. The van der Waals surface area contributed by atoms with Gasteiger partial charge in [-0.15, -0.1) is 0 Å². The van der Waals surface area contributed by atoms with Gasteiger partial charge in [-0.25, -0.2) is 4.79 Å². The van der Waals surface area contributed by atoms with Crippen LogP contribution in [0.5, 0.6) is 0 Å². The zero-order valence-electron chi connectivity index (χ0n) is 7.70. The van der Waals surface area contributed by atoms with Crippen molar-refractivity contribution >= 4 is 5.97 Å². The maximum atomic E-state index is 11.2. The quantitative estimate of drug-likeness (QED) is 0.615. The third-order valence-electron chi connectivity index (χ3n) is 2.18. The van der Waals surface area contributed by atoms with E-state index in [9.17, 15) is 4.79 Å². The largest absolute Gasteiger partial charge is 0.457 e. The molecule has 0 spiro atoms. The van der Waals surface area contributed by atoms with E-state index in [2.05, 4.69) is 18.8 Å². The fraction of sp³-hybridized carbons (Fsp3) is 0.400. The van der Waals surface area contributed by atoms with Crippen molar-refractivity contribution in [3.63, 3.8) is 0 Å². The summed E-state index contributed by atoms with van der Waals surface area (Å²) in [5.41, 5.74) is 2.52. The molecular weight excluding hydrogens is 166 g/mol. The third kappa shape index (κ3) is 1.30. The van der Waals surface area contributed by atoms with E-state index in [4.69, 9.17) is 4.74 Å². The monoisotopic (exact) mass is 177 g/mol. The maximum absolute atomic E-state index is 11.2. The summed E-state index contributed by atoms with van der Waals surface area (Å²) >= 11 is 0. The molecule has 1 aromatic rings. The standard InChI is InChI=1S/C10H11NO2/c1-6(2)9-3-8-7(4-11-9)5-13-10(8)12/h3-4,6H,5H2,1-2H3. The Morgan fingerprint density at radius 1 is 1.54 bits per heavy atom. The van der Waals surface area contributed by atoms with E-state index in [0.717, 1.165) is 11.3 Å². The van der Waals surface area contributed by atoms with Crippen LogP contribution < -0.4 is 0 Å². The Labute approximate surface area is 76.7 Å². The SMILES string of the molecule is CC(C)c1cc2c(cn1)COC2=O. The molecule has 2 heterocycles. The van der Waals surface area contributed by atoms with Crippen molar-refractivity contribution in [2.45, 2.75) is 26.4 Å². The van der Waals surface area contributed by atoms with E-state index in [1.165, 1.54) is 0 Å². The normalized spacial score (nSPS) is 14.5. The number of carbonyl (C=O) groups is 1. The summed E-state index contributed by atoms with van der Waals surface area (Å²) in [6.07, 6.45) is 1.73. The molecule has 0 fully saturated rings. The molecule has 0 bridgehead atoms.